The Bertz CT molecular complexity index is 276. The van der Waals surface area contributed by atoms with Gasteiger partial charge in [-0.3, -0.25) is 4.79 Å². The van der Waals surface area contributed by atoms with Gasteiger partial charge in [-0.2, -0.15) is 0 Å². The van der Waals surface area contributed by atoms with Crippen LogP contribution in [0.25, 0.3) is 0 Å². The molecule has 0 spiro atoms. The Kier molecular flexibility index (Phi) is 7.50. The lowest BCUT2D eigenvalue weighted by atomic mass is 9.93. The van der Waals surface area contributed by atoms with Crippen LogP contribution in [0.1, 0.15) is 13.3 Å². The average molecular weight is 245 g/mol. The summed E-state index contributed by atoms with van der Waals surface area (Å²) in [5.41, 5.74) is 0. The molecular formula is C11H19NO5. The van der Waals surface area contributed by atoms with Crippen molar-refractivity contribution >= 4 is 5.91 Å². The summed E-state index contributed by atoms with van der Waals surface area (Å²) in [6.07, 6.45) is 1.35. The molecule has 0 aromatic heterocycles. The van der Waals surface area contributed by atoms with Crippen molar-refractivity contribution < 1.29 is 25.2 Å². The van der Waals surface area contributed by atoms with Gasteiger partial charge in [0.25, 0.3) is 0 Å². The van der Waals surface area contributed by atoms with Crippen molar-refractivity contribution in [1.82, 2.24) is 5.32 Å². The van der Waals surface area contributed by atoms with Gasteiger partial charge in [-0.1, -0.05) is 12.8 Å². The van der Waals surface area contributed by atoms with E-state index in [1.165, 1.54) is 0 Å². The molecule has 0 radical (unpaired) electrons. The number of hydrogen-bond acceptors (Lipinski definition) is 5. The van der Waals surface area contributed by atoms with Gasteiger partial charge in [0, 0.05) is 13.0 Å². The van der Waals surface area contributed by atoms with E-state index in [0.29, 0.717) is 0 Å². The highest BCUT2D eigenvalue weighted by atomic mass is 16.4. The van der Waals surface area contributed by atoms with Crippen molar-refractivity contribution in [2.45, 2.75) is 31.7 Å². The molecule has 4 unspecified atom stereocenters. The van der Waals surface area contributed by atoms with Crippen LogP contribution in [-0.2, 0) is 4.79 Å². The number of aliphatic hydroxyl groups excluding tert-OH is 4. The summed E-state index contributed by atoms with van der Waals surface area (Å²) in [5.74, 6) is 0.823. The Morgan fingerprint density at radius 1 is 1.35 bits per heavy atom. The molecule has 0 rings (SSSR count). The highest BCUT2D eigenvalue weighted by molar-refractivity contribution is 5.75. The number of aliphatic hydroxyl groups is 4. The minimum atomic E-state index is -1.45. The first-order valence-corrected chi connectivity index (χ1v) is 5.35. The third-order valence-electron chi connectivity index (χ3n) is 2.39. The van der Waals surface area contributed by atoms with Crippen molar-refractivity contribution in [3.63, 3.8) is 0 Å². The summed E-state index contributed by atoms with van der Waals surface area (Å²) in [5, 5.41) is 39.5. The van der Waals surface area contributed by atoms with E-state index in [1.807, 2.05) is 0 Å². The third kappa shape index (κ3) is 5.15. The maximum Gasteiger partial charge on any atom is 0.219 e. The van der Waals surface area contributed by atoms with E-state index in [4.69, 9.17) is 11.5 Å². The quantitative estimate of drug-likeness (QED) is 0.328. The second-order valence-corrected chi connectivity index (χ2v) is 3.66. The van der Waals surface area contributed by atoms with E-state index in [-0.39, 0.29) is 18.9 Å². The topological polar surface area (TPSA) is 110 Å². The molecule has 5 N–H and O–H groups in total. The molecule has 0 aromatic rings. The molecule has 6 nitrogen and oxygen atoms in total. The minimum absolute atomic E-state index is 0.114. The molecule has 0 aliphatic rings. The fourth-order valence-electron chi connectivity index (χ4n) is 1.25. The average Bonchev–Trinajstić information content (AvgIpc) is 2.35. The molecular weight excluding hydrogens is 226 g/mol. The van der Waals surface area contributed by atoms with Crippen LogP contribution in [0.4, 0.5) is 0 Å². The number of terminal acetylenes is 1. The highest BCUT2D eigenvalue weighted by Gasteiger charge is 2.30. The molecule has 4 atom stereocenters. The second kappa shape index (κ2) is 8.03. The van der Waals surface area contributed by atoms with E-state index in [9.17, 15) is 20.1 Å². The van der Waals surface area contributed by atoms with Crippen molar-refractivity contribution in [2.24, 2.45) is 5.92 Å². The summed E-state index contributed by atoms with van der Waals surface area (Å²) >= 11 is 0. The third-order valence-corrected chi connectivity index (χ3v) is 2.39. The van der Waals surface area contributed by atoms with Crippen LogP contribution in [-0.4, -0.2) is 57.8 Å². The van der Waals surface area contributed by atoms with Crippen LogP contribution >= 0.6 is 0 Å². The van der Waals surface area contributed by atoms with E-state index in [0.717, 1.165) is 0 Å². The van der Waals surface area contributed by atoms with E-state index >= 15 is 0 Å². The molecule has 0 fully saturated rings. The van der Waals surface area contributed by atoms with Crippen LogP contribution in [0, 0.1) is 18.3 Å². The van der Waals surface area contributed by atoms with Crippen LogP contribution in [0.15, 0.2) is 0 Å². The number of nitrogens with one attached hydrogen (secondary N) is 1. The predicted octanol–water partition coefficient (Wildman–Crippen LogP) is -2.16. The van der Waals surface area contributed by atoms with Gasteiger partial charge < -0.3 is 25.7 Å². The van der Waals surface area contributed by atoms with Gasteiger partial charge in [0.1, 0.15) is 6.10 Å². The van der Waals surface area contributed by atoms with Crippen molar-refractivity contribution in [3.05, 3.63) is 0 Å². The number of hydrogen-bond donors (Lipinski definition) is 5. The number of rotatable bonds is 7. The fourth-order valence-corrected chi connectivity index (χ4v) is 1.25. The molecule has 98 valence electrons. The van der Waals surface area contributed by atoms with Gasteiger partial charge in [-0.25, -0.2) is 0 Å². The predicted molar refractivity (Wildman–Crippen MR) is 60.7 cm³/mol. The van der Waals surface area contributed by atoms with E-state index < -0.39 is 30.8 Å². The lowest BCUT2D eigenvalue weighted by Gasteiger charge is -2.26. The zero-order valence-corrected chi connectivity index (χ0v) is 9.71. The molecule has 0 aliphatic heterocycles. The summed E-state index contributed by atoms with van der Waals surface area (Å²) in [4.78, 5) is 11.0. The summed E-state index contributed by atoms with van der Waals surface area (Å²) in [6, 6.07) is 0. The molecule has 0 saturated heterocycles. The van der Waals surface area contributed by atoms with Gasteiger partial charge in [0.2, 0.25) is 5.91 Å². The maximum absolute atomic E-state index is 11.0. The Balaban J connectivity index is 4.36. The first kappa shape index (κ1) is 15.9. The highest BCUT2D eigenvalue weighted by Crippen LogP contribution is 2.12. The van der Waals surface area contributed by atoms with Crippen molar-refractivity contribution in [1.29, 1.82) is 0 Å². The smallest absolute Gasteiger partial charge is 0.219 e. The standard InChI is InChI=1S/C11H19NO5/c1-3-7(11(17)9(15)6-13)8(14)5-12-10(16)4-2/h1,7-9,11,13-15,17H,4-6H2,2H3,(H,12,16). The van der Waals surface area contributed by atoms with Crippen LogP contribution < -0.4 is 5.32 Å². The van der Waals surface area contributed by atoms with Gasteiger partial charge in [-0.15, -0.1) is 6.42 Å². The molecule has 0 heterocycles. The number of carbonyl (C=O) groups is 1. The summed E-state index contributed by atoms with van der Waals surface area (Å²) in [7, 11) is 0. The second-order valence-electron chi connectivity index (χ2n) is 3.66. The Morgan fingerprint density at radius 3 is 2.35 bits per heavy atom. The zero-order chi connectivity index (χ0) is 13.4. The van der Waals surface area contributed by atoms with Crippen LogP contribution in [0.3, 0.4) is 0 Å². The maximum atomic E-state index is 11.0. The number of amides is 1. The van der Waals surface area contributed by atoms with Crippen LogP contribution in [0.5, 0.6) is 0 Å². The molecule has 6 heteroatoms. The largest absolute Gasteiger partial charge is 0.394 e. The summed E-state index contributed by atoms with van der Waals surface area (Å²) in [6.45, 7) is 0.884. The Labute approximate surface area is 100 Å². The zero-order valence-electron chi connectivity index (χ0n) is 9.71. The lowest BCUT2D eigenvalue weighted by Crippen LogP contribution is -2.45. The Morgan fingerprint density at radius 2 is 1.94 bits per heavy atom. The Hall–Kier alpha value is -1.13. The van der Waals surface area contributed by atoms with Crippen LogP contribution in [0.2, 0.25) is 0 Å². The van der Waals surface area contributed by atoms with Gasteiger partial charge >= 0.3 is 0 Å². The van der Waals surface area contributed by atoms with Crippen molar-refractivity contribution in [2.75, 3.05) is 13.2 Å². The normalized spacial score (nSPS) is 17.6. The van der Waals surface area contributed by atoms with E-state index in [1.54, 1.807) is 6.92 Å². The lowest BCUT2D eigenvalue weighted by molar-refractivity contribution is -0.121. The molecule has 0 aliphatic carbocycles. The van der Waals surface area contributed by atoms with Gasteiger partial charge in [0.05, 0.1) is 24.7 Å². The SMILES string of the molecule is C#CC(C(O)CNC(=O)CC)C(O)C(O)CO. The van der Waals surface area contributed by atoms with E-state index in [2.05, 4.69) is 11.2 Å². The monoisotopic (exact) mass is 245 g/mol. The molecule has 1 amide bonds. The first-order valence-electron chi connectivity index (χ1n) is 5.35. The first-order chi connectivity index (χ1) is 7.97. The minimum Gasteiger partial charge on any atom is -0.394 e. The number of carbonyl (C=O) groups excluding carboxylic acids is 1. The van der Waals surface area contributed by atoms with Gasteiger partial charge in [0.15, 0.2) is 0 Å². The fraction of sp³-hybridized carbons (Fsp3) is 0.727. The molecule has 0 saturated carbocycles. The molecule has 17 heavy (non-hydrogen) atoms. The molecule has 0 bridgehead atoms. The van der Waals surface area contributed by atoms with Crippen molar-refractivity contribution in [3.8, 4) is 12.3 Å². The van der Waals surface area contributed by atoms with Gasteiger partial charge in [-0.05, 0) is 0 Å². The summed E-state index contributed by atoms with van der Waals surface area (Å²) < 4.78 is 0. The molecule has 0 aromatic carbocycles.